The van der Waals surface area contributed by atoms with Crippen molar-refractivity contribution in [3.63, 3.8) is 0 Å². The van der Waals surface area contributed by atoms with E-state index >= 15 is 0 Å². The molecule has 0 atom stereocenters. The molecule has 0 fully saturated rings. The molecule has 3 nitrogen and oxygen atoms in total. The minimum atomic E-state index is 0.628. The van der Waals surface area contributed by atoms with Crippen LogP contribution in [0.1, 0.15) is 11.1 Å². The topological polar surface area (TPSA) is 62.7 Å². The highest BCUT2D eigenvalue weighted by molar-refractivity contribution is 7.99. The van der Waals surface area contributed by atoms with E-state index in [0.717, 1.165) is 15.4 Å². The fourth-order valence-corrected chi connectivity index (χ4v) is 2.42. The fourth-order valence-electron chi connectivity index (χ4n) is 1.41. The van der Waals surface area contributed by atoms with Crippen molar-refractivity contribution in [2.75, 3.05) is 5.73 Å². The van der Waals surface area contributed by atoms with Gasteiger partial charge in [-0.3, -0.25) is 4.98 Å². The summed E-state index contributed by atoms with van der Waals surface area (Å²) in [5, 5.41) is 9.05. The van der Waals surface area contributed by atoms with E-state index in [9.17, 15) is 0 Å². The van der Waals surface area contributed by atoms with Gasteiger partial charge in [-0.15, -0.1) is 0 Å². The second kappa shape index (κ2) is 4.89. The first-order valence-corrected chi connectivity index (χ1v) is 5.90. The number of nitrogens with zero attached hydrogens (tertiary/aromatic N) is 2. The molecular formula is C13H11N3S. The molecular weight excluding hydrogens is 230 g/mol. The number of pyridine rings is 1. The molecule has 2 N–H and O–H groups in total. The van der Waals surface area contributed by atoms with Crippen molar-refractivity contribution in [2.24, 2.45) is 0 Å². The van der Waals surface area contributed by atoms with Crippen LogP contribution in [-0.2, 0) is 0 Å². The van der Waals surface area contributed by atoms with Gasteiger partial charge < -0.3 is 5.73 Å². The van der Waals surface area contributed by atoms with Crippen LogP contribution in [0.5, 0.6) is 0 Å². The maximum Gasteiger partial charge on any atom is 0.100 e. The molecule has 1 heterocycles. The number of aryl methyl sites for hydroxylation is 1. The Morgan fingerprint density at radius 2 is 2.12 bits per heavy atom. The highest BCUT2D eigenvalue weighted by atomic mass is 32.2. The van der Waals surface area contributed by atoms with Crippen LogP contribution in [0.15, 0.2) is 46.5 Å². The van der Waals surface area contributed by atoms with Crippen molar-refractivity contribution < 1.29 is 0 Å². The Morgan fingerprint density at radius 3 is 2.82 bits per heavy atom. The summed E-state index contributed by atoms with van der Waals surface area (Å²) in [7, 11) is 0. The summed E-state index contributed by atoms with van der Waals surface area (Å²) in [4.78, 5) is 5.78. The lowest BCUT2D eigenvalue weighted by atomic mass is 10.2. The predicted molar refractivity (Wildman–Crippen MR) is 68.7 cm³/mol. The van der Waals surface area contributed by atoms with Crippen LogP contribution < -0.4 is 5.73 Å². The molecule has 84 valence electrons. The lowest BCUT2D eigenvalue weighted by Crippen LogP contribution is -1.90. The van der Waals surface area contributed by atoms with Gasteiger partial charge in [-0.2, -0.15) is 5.26 Å². The van der Waals surface area contributed by atoms with Crippen LogP contribution in [0.2, 0.25) is 0 Å². The average molecular weight is 241 g/mol. The summed E-state index contributed by atoms with van der Waals surface area (Å²) >= 11 is 1.49. The molecule has 17 heavy (non-hydrogen) atoms. The van der Waals surface area contributed by atoms with Crippen LogP contribution in [0.4, 0.5) is 5.69 Å². The summed E-state index contributed by atoms with van der Waals surface area (Å²) in [6, 6.07) is 9.78. The number of hydrogen-bond acceptors (Lipinski definition) is 4. The van der Waals surface area contributed by atoms with E-state index in [4.69, 9.17) is 11.0 Å². The molecule has 0 aliphatic heterocycles. The zero-order valence-electron chi connectivity index (χ0n) is 9.34. The van der Waals surface area contributed by atoms with Gasteiger partial charge >= 0.3 is 0 Å². The summed E-state index contributed by atoms with van der Waals surface area (Å²) < 4.78 is 0. The molecule has 0 saturated carbocycles. The minimum Gasteiger partial charge on any atom is -0.397 e. The Bertz CT molecular complexity index is 587. The molecule has 0 amide bonds. The SMILES string of the molecule is Cc1ccc(C#N)c(Sc2ccncc2N)c1. The molecule has 0 aliphatic carbocycles. The van der Waals surface area contributed by atoms with Gasteiger partial charge in [0.15, 0.2) is 0 Å². The zero-order valence-corrected chi connectivity index (χ0v) is 10.2. The number of rotatable bonds is 2. The maximum absolute atomic E-state index is 9.05. The number of anilines is 1. The Kier molecular flexibility index (Phi) is 3.31. The van der Waals surface area contributed by atoms with E-state index < -0.39 is 0 Å². The fraction of sp³-hybridized carbons (Fsp3) is 0.0769. The first-order valence-electron chi connectivity index (χ1n) is 5.09. The lowest BCUT2D eigenvalue weighted by Gasteiger charge is -2.06. The second-order valence-corrected chi connectivity index (χ2v) is 4.71. The van der Waals surface area contributed by atoms with Gasteiger partial charge in [0.2, 0.25) is 0 Å². The van der Waals surface area contributed by atoms with Crippen molar-refractivity contribution in [1.82, 2.24) is 4.98 Å². The Hall–Kier alpha value is -1.99. The molecule has 0 bridgehead atoms. The van der Waals surface area contributed by atoms with Gasteiger partial charge in [0.05, 0.1) is 17.4 Å². The van der Waals surface area contributed by atoms with Crippen LogP contribution in [0.3, 0.4) is 0 Å². The Balaban J connectivity index is 2.40. The molecule has 1 aromatic carbocycles. The van der Waals surface area contributed by atoms with E-state index in [1.54, 1.807) is 12.4 Å². The molecule has 0 unspecified atom stereocenters. The molecule has 4 heteroatoms. The van der Waals surface area contributed by atoms with E-state index in [-0.39, 0.29) is 0 Å². The second-order valence-electron chi connectivity index (χ2n) is 3.63. The van der Waals surface area contributed by atoms with Crippen LogP contribution in [-0.4, -0.2) is 4.98 Å². The van der Waals surface area contributed by atoms with Gasteiger partial charge in [0.1, 0.15) is 6.07 Å². The largest absolute Gasteiger partial charge is 0.397 e. The zero-order chi connectivity index (χ0) is 12.3. The molecule has 0 spiro atoms. The highest BCUT2D eigenvalue weighted by Gasteiger charge is 2.06. The third-order valence-corrected chi connectivity index (χ3v) is 3.44. The standard InChI is InChI=1S/C13H11N3S/c1-9-2-3-10(7-14)13(6-9)17-12-4-5-16-8-11(12)15/h2-6,8H,15H2,1H3. The third kappa shape index (κ3) is 2.58. The maximum atomic E-state index is 9.05. The van der Waals surface area contributed by atoms with E-state index in [0.29, 0.717) is 11.3 Å². The molecule has 0 radical (unpaired) electrons. The van der Waals surface area contributed by atoms with Crippen molar-refractivity contribution in [2.45, 2.75) is 16.7 Å². The van der Waals surface area contributed by atoms with Gasteiger partial charge in [0, 0.05) is 16.0 Å². The molecule has 0 saturated heterocycles. The Morgan fingerprint density at radius 1 is 1.29 bits per heavy atom. The number of aromatic nitrogens is 1. The summed E-state index contributed by atoms with van der Waals surface area (Å²) in [6.45, 7) is 2.00. The third-order valence-electron chi connectivity index (χ3n) is 2.29. The first-order chi connectivity index (χ1) is 8.20. The molecule has 0 aliphatic rings. The highest BCUT2D eigenvalue weighted by Crippen LogP contribution is 2.33. The number of benzene rings is 1. The minimum absolute atomic E-state index is 0.628. The average Bonchev–Trinajstić information content (AvgIpc) is 2.32. The van der Waals surface area contributed by atoms with Crippen LogP contribution in [0.25, 0.3) is 0 Å². The van der Waals surface area contributed by atoms with Gasteiger partial charge in [0.25, 0.3) is 0 Å². The van der Waals surface area contributed by atoms with Crippen molar-refractivity contribution in [3.05, 3.63) is 47.8 Å². The lowest BCUT2D eigenvalue weighted by molar-refractivity contribution is 1.26. The van der Waals surface area contributed by atoms with Gasteiger partial charge in [-0.25, -0.2) is 0 Å². The quantitative estimate of drug-likeness (QED) is 0.878. The Labute approximate surface area is 104 Å². The number of nitrogen functional groups attached to an aromatic ring is 1. The van der Waals surface area contributed by atoms with Crippen LogP contribution >= 0.6 is 11.8 Å². The molecule has 1 aromatic heterocycles. The summed E-state index contributed by atoms with van der Waals surface area (Å²) in [5.74, 6) is 0. The van der Waals surface area contributed by atoms with E-state index in [2.05, 4.69) is 11.1 Å². The number of nitrogens with two attached hydrogens (primary N) is 1. The molecule has 2 rings (SSSR count). The normalized spacial score (nSPS) is 9.88. The van der Waals surface area contributed by atoms with Crippen molar-refractivity contribution in [3.8, 4) is 6.07 Å². The molecule has 2 aromatic rings. The van der Waals surface area contributed by atoms with Crippen molar-refractivity contribution in [1.29, 1.82) is 5.26 Å². The number of nitriles is 1. The van der Waals surface area contributed by atoms with E-state index in [1.807, 2.05) is 31.2 Å². The van der Waals surface area contributed by atoms with Crippen LogP contribution in [0, 0.1) is 18.3 Å². The summed E-state index contributed by atoms with van der Waals surface area (Å²) in [6.07, 6.45) is 3.31. The van der Waals surface area contributed by atoms with Gasteiger partial charge in [-0.05, 0) is 30.7 Å². The first kappa shape index (κ1) is 11.5. The number of hydrogen-bond donors (Lipinski definition) is 1. The van der Waals surface area contributed by atoms with E-state index in [1.165, 1.54) is 11.8 Å². The summed E-state index contributed by atoms with van der Waals surface area (Å²) in [5.41, 5.74) is 8.25. The van der Waals surface area contributed by atoms with Crippen molar-refractivity contribution >= 4 is 17.4 Å². The van der Waals surface area contributed by atoms with Gasteiger partial charge in [-0.1, -0.05) is 17.8 Å². The smallest absolute Gasteiger partial charge is 0.100 e. The predicted octanol–water partition coefficient (Wildman–Crippen LogP) is 3.00. The monoisotopic (exact) mass is 241 g/mol.